The van der Waals surface area contributed by atoms with Gasteiger partial charge in [0, 0.05) is 19.3 Å². The monoisotopic (exact) mass is 1470 g/mol. The fourth-order valence-electron chi connectivity index (χ4n) is 13.7. The molecule has 11 N–H and O–H groups in total. The van der Waals surface area contributed by atoms with E-state index in [-0.39, 0.29) is 19.3 Å². The third-order valence-corrected chi connectivity index (χ3v) is 21.3. The average molecular weight is 1470 g/mol. The summed E-state index contributed by atoms with van der Waals surface area (Å²) in [6.45, 7) is 5.82. The highest BCUT2D eigenvalue weighted by Crippen LogP contribution is 2.49. The van der Waals surface area contributed by atoms with E-state index in [0.29, 0.717) is 25.2 Å². The Hall–Kier alpha value is -2.04. The molecule has 1 aliphatic carbocycles. The fourth-order valence-corrected chi connectivity index (χ4v) is 14.6. The minimum absolute atomic E-state index is 0.0334. The lowest BCUT2D eigenvalue weighted by atomic mass is 9.84. The predicted molar refractivity (Wildman–Crippen MR) is 384 cm³/mol. The van der Waals surface area contributed by atoms with E-state index in [2.05, 4.69) is 27.7 Å². The maximum absolute atomic E-state index is 14.4. The van der Waals surface area contributed by atoms with Crippen molar-refractivity contribution in [3.63, 3.8) is 0 Å². The van der Waals surface area contributed by atoms with Crippen molar-refractivity contribution in [2.75, 3.05) is 26.4 Å². The van der Waals surface area contributed by atoms with Crippen LogP contribution in [-0.2, 0) is 61.2 Å². The Morgan fingerprint density at radius 2 is 0.693 bits per heavy atom. The van der Waals surface area contributed by atoms with Gasteiger partial charge in [-0.2, -0.15) is 0 Å². The minimum atomic E-state index is -5.70. The first-order chi connectivity index (χ1) is 48.7. The number of phosphoric ester groups is 1. The Kier molecular flexibility index (Phi) is 52.7. The van der Waals surface area contributed by atoms with Crippen molar-refractivity contribution >= 4 is 25.7 Å². The van der Waals surface area contributed by atoms with Gasteiger partial charge < -0.3 is 89.1 Å². The smallest absolute Gasteiger partial charge is 0.463 e. The lowest BCUT2D eigenvalue weighted by molar-refractivity contribution is -0.360. The molecule has 19 atom stereocenters. The molecule has 0 bridgehead atoms. The normalized spacial score (nSPS) is 27.4. The molecule has 2 saturated heterocycles. The summed E-state index contributed by atoms with van der Waals surface area (Å²) in [5, 5.41) is 110. The second kappa shape index (κ2) is 57.1. The van der Waals surface area contributed by atoms with Crippen molar-refractivity contribution in [1.29, 1.82) is 0 Å². The van der Waals surface area contributed by atoms with Crippen molar-refractivity contribution in [3.05, 3.63) is 0 Å². The predicted octanol–water partition coefficient (Wildman–Crippen LogP) is 12.0. The van der Waals surface area contributed by atoms with E-state index in [1.54, 1.807) is 0 Å². The van der Waals surface area contributed by atoms with Crippen molar-refractivity contribution in [3.8, 4) is 0 Å². The van der Waals surface area contributed by atoms with Gasteiger partial charge in [-0.3, -0.25) is 23.4 Å². The minimum Gasteiger partial charge on any atom is -0.463 e. The molecule has 0 aromatic carbocycles. The zero-order valence-corrected chi connectivity index (χ0v) is 63.5. The van der Waals surface area contributed by atoms with Crippen LogP contribution in [0.25, 0.3) is 0 Å². The van der Waals surface area contributed by atoms with E-state index in [4.69, 9.17) is 42.2 Å². The van der Waals surface area contributed by atoms with E-state index >= 15 is 0 Å². The molecule has 25 heteroatoms. The number of aliphatic hydroxyl groups excluding tert-OH is 10. The molecule has 3 rings (SSSR count). The third kappa shape index (κ3) is 40.1. The summed E-state index contributed by atoms with van der Waals surface area (Å²) in [6.07, 6.45) is 14.3. The molecule has 24 nitrogen and oxygen atoms in total. The number of carbonyl (C=O) groups is 3. The highest BCUT2D eigenvalue weighted by atomic mass is 31.2. The molecule has 3 aliphatic rings. The standard InChI is InChI=1S/C76H143O24P/c1-5-8-11-14-17-19-21-23-25-26-28-30-32-34-41-46-51-62(80)95-57(53-92-60(78)49-44-40-36-35-38-43-48-56(4)47-42-37-16-13-10-7-3)54-94-101(90,91)100-74-72(98-75-70(88)65(83)63(81)58(52-77)96-75)68(86)67(85)69(87)73(74)99-76-71(89)66(84)64(82)59(97-76)55-93-61(79)50-45-39-33-31-29-27-24-22-20-18-15-12-9-6-2/h56-59,63-77,81-89H,5-55H2,1-4H3,(H,90,91). The molecule has 19 unspecified atom stereocenters. The lowest BCUT2D eigenvalue weighted by Gasteiger charge is -2.49. The van der Waals surface area contributed by atoms with Crippen molar-refractivity contribution in [2.24, 2.45) is 5.92 Å². The number of hydrogen-bond donors (Lipinski definition) is 11. The number of hydrogen-bond acceptors (Lipinski definition) is 23. The first-order valence-corrected chi connectivity index (χ1v) is 41.7. The topological polar surface area (TPSA) is 374 Å². The molecule has 101 heavy (non-hydrogen) atoms. The Morgan fingerprint density at radius 3 is 1.07 bits per heavy atom. The van der Waals surface area contributed by atoms with Gasteiger partial charge in [0.2, 0.25) is 0 Å². The van der Waals surface area contributed by atoms with Crippen LogP contribution < -0.4 is 0 Å². The zero-order chi connectivity index (χ0) is 74.1. The van der Waals surface area contributed by atoms with Gasteiger partial charge in [0.25, 0.3) is 0 Å². The summed E-state index contributed by atoms with van der Waals surface area (Å²) in [4.78, 5) is 51.2. The third-order valence-electron chi connectivity index (χ3n) is 20.3. The van der Waals surface area contributed by atoms with Crippen LogP contribution in [0.1, 0.15) is 329 Å². The van der Waals surface area contributed by atoms with Crippen molar-refractivity contribution < 1.29 is 117 Å². The second-order valence-electron chi connectivity index (χ2n) is 29.4. The van der Waals surface area contributed by atoms with Crippen LogP contribution >= 0.6 is 7.82 Å². The number of phosphoric acid groups is 1. The summed E-state index contributed by atoms with van der Waals surface area (Å²) < 4.78 is 65.2. The SMILES string of the molecule is CCCCCCCCCCCCCCCCCCC(=O)OC(COC(=O)CCCCCCCCC(C)CCCCCCCC)COP(=O)(O)OC1C(OC2OC(CO)C(O)C(O)C2O)C(O)C(O)C(O)C1OC1OC(COC(=O)CCCCCCCCCCCCCCCC)C(O)C(O)C1O. The van der Waals surface area contributed by atoms with Gasteiger partial charge in [0.15, 0.2) is 18.7 Å². The Labute approximate surface area is 606 Å². The van der Waals surface area contributed by atoms with Crippen LogP contribution in [-0.4, -0.2) is 204 Å². The zero-order valence-electron chi connectivity index (χ0n) is 62.6. The largest absolute Gasteiger partial charge is 0.472 e. The average Bonchev–Trinajstić information content (AvgIpc) is 0.759. The maximum atomic E-state index is 14.4. The number of carbonyl (C=O) groups excluding carboxylic acids is 3. The summed E-state index contributed by atoms with van der Waals surface area (Å²) in [5.41, 5.74) is 0. The number of unbranched alkanes of at least 4 members (excludes halogenated alkanes) is 38. The molecule has 3 fully saturated rings. The maximum Gasteiger partial charge on any atom is 0.472 e. The Morgan fingerprint density at radius 1 is 0.376 bits per heavy atom. The van der Waals surface area contributed by atoms with Crippen LogP contribution in [0.4, 0.5) is 0 Å². The van der Waals surface area contributed by atoms with Gasteiger partial charge in [0.1, 0.15) is 98.7 Å². The summed E-state index contributed by atoms with van der Waals surface area (Å²) >= 11 is 0. The molecule has 0 radical (unpaired) electrons. The van der Waals surface area contributed by atoms with E-state index in [9.17, 15) is 74.9 Å². The molecule has 2 heterocycles. The van der Waals surface area contributed by atoms with Gasteiger partial charge in [-0.15, -0.1) is 0 Å². The van der Waals surface area contributed by atoms with Crippen LogP contribution in [0.3, 0.4) is 0 Å². The van der Waals surface area contributed by atoms with E-state index < -0.39 is 156 Å². The number of aliphatic hydroxyl groups is 10. The first kappa shape index (κ1) is 93.2. The molecule has 0 spiro atoms. The number of ether oxygens (including phenoxy) is 7. The summed E-state index contributed by atoms with van der Waals surface area (Å²) in [5.74, 6) is -1.27. The molecule has 2 aliphatic heterocycles. The first-order valence-electron chi connectivity index (χ1n) is 40.2. The molecule has 0 aromatic rings. The van der Waals surface area contributed by atoms with Gasteiger partial charge in [0.05, 0.1) is 13.2 Å². The highest BCUT2D eigenvalue weighted by molar-refractivity contribution is 7.47. The molecular weight excluding hydrogens is 1330 g/mol. The van der Waals surface area contributed by atoms with Crippen LogP contribution in [0.15, 0.2) is 0 Å². The van der Waals surface area contributed by atoms with Crippen LogP contribution in [0, 0.1) is 5.92 Å². The van der Waals surface area contributed by atoms with Gasteiger partial charge in [-0.1, -0.05) is 291 Å². The lowest BCUT2D eigenvalue weighted by Crippen LogP contribution is -2.69. The second-order valence-corrected chi connectivity index (χ2v) is 30.8. The van der Waals surface area contributed by atoms with E-state index in [1.807, 2.05) is 0 Å². The Bertz CT molecular complexity index is 2100. The van der Waals surface area contributed by atoms with E-state index in [1.165, 1.54) is 167 Å². The number of esters is 3. The van der Waals surface area contributed by atoms with Gasteiger partial charge in [-0.25, -0.2) is 4.57 Å². The van der Waals surface area contributed by atoms with Crippen LogP contribution in [0.5, 0.6) is 0 Å². The van der Waals surface area contributed by atoms with E-state index in [0.717, 1.165) is 96.3 Å². The highest BCUT2D eigenvalue weighted by Gasteiger charge is 2.58. The van der Waals surface area contributed by atoms with Crippen LogP contribution in [0.2, 0.25) is 0 Å². The molecule has 0 amide bonds. The molecular formula is C76H143O24P. The van der Waals surface area contributed by atoms with Gasteiger partial charge >= 0.3 is 25.7 Å². The van der Waals surface area contributed by atoms with Crippen molar-refractivity contribution in [1.82, 2.24) is 0 Å². The molecule has 1 saturated carbocycles. The molecule has 596 valence electrons. The van der Waals surface area contributed by atoms with Crippen molar-refractivity contribution in [2.45, 2.75) is 434 Å². The Balaban J connectivity index is 1.72. The van der Waals surface area contributed by atoms with Gasteiger partial charge in [-0.05, 0) is 25.2 Å². The summed E-state index contributed by atoms with van der Waals surface area (Å²) in [7, 11) is -5.70. The fraction of sp³-hybridized carbons (Fsp3) is 0.961. The number of rotatable bonds is 63. The quantitative estimate of drug-likeness (QED) is 0.0117. The molecule has 0 aromatic heterocycles. The summed E-state index contributed by atoms with van der Waals surface area (Å²) in [6, 6.07) is 0.